The van der Waals surface area contributed by atoms with Gasteiger partial charge in [0.25, 0.3) is 0 Å². The van der Waals surface area contributed by atoms with Crippen LogP contribution in [0.3, 0.4) is 0 Å². The zero-order valence-corrected chi connectivity index (χ0v) is 11.3. The average Bonchev–Trinajstić information content (AvgIpc) is 2.38. The molecule has 0 fully saturated rings. The van der Waals surface area contributed by atoms with Gasteiger partial charge >= 0.3 is 0 Å². The van der Waals surface area contributed by atoms with Crippen molar-refractivity contribution in [2.24, 2.45) is 5.92 Å². The second kappa shape index (κ2) is 5.72. The molecular formula is C17H20O. The molecule has 0 aliphatic carbocycles. The van der Waals surface area contributed by atoms with E-state index in [0.29, 0.717) is 5.92 Å². The van der Waals surface area contributed by atoms with E-state index in [-0.39, 0.29) is 6.10 Å². The molecule has 0 saturated carbocycles. The van der Waals surface area contributed by atoms with Crippen molar-refractivity contribution >= 4 is 0 Å². The highest BCUT2D eigenvalue weighted by Gasteiger charge is 2.17. The third kappa shape index (κ3) is 3.13. The zero-order valence-electron chi connectivity index (χ0n) is 11.3. The maximum Gasteiger partial charge on any atom is 0.126 e. The normalized spacial score (nSPS) is 12.4. The molecule has 0 aromatic heterocycles. The van der Waals surface area contributed by atoms with Crippen LogP contribution in [0, 0.1) is 12.8 Å². The quantitative estimate of drug-likeness (QED) is 0.748. The Hall–Kier alpha value is -1.76. The van der Waals surface area contributed by atoms with Gasteiger partial charge in [0.2, 0.25) is 0 Å². The molecule has 1 unspecified atom stereocenters. The summed E-state index contributed by atoms with van der Waals surface area (Å²) in [6, 6.07) is 18.6. The monoisotopic (exact) mass is 240 g/mol. The van der Waals surface area contributed by atoms with E-state index in [2.05, 4.69) is 45.0 Å². The fraction of sp³-hybridized carbons (Fsp3) is 0.294. The molecule has 18 heavy (non-hydrogen) atoms. The topological polar surface area (TPSA) is 9.23 Å². The Kier molecular flexibility index (Phi) is 4.03. The fourth-order valence-corrected chi connectivity index (χ4v) is 1.99. The Morgan fingerprint density at radius 2 is 1.44 bits per heavy atom. The Bertz CT molecular complexity index is 471. The largest absolute Gasteiger partial charge is 0.485 e. The lowest BCUT2D eigenvalue weighted by atomic mass is 9.98. The van der Waals surface area contributed by atoms with Gasteiger partial charge < -0.3 is 4.74 Å². The smallest absolute Gasteiger partial charge is 0.126 e. The van der Waals surface area contributed by atoms with Gasteiger partial charge in [0, 0.05) is 0 Å². The molecule has 2 aromatic carbocycles. The van der Waals surface area contributed by atoms with E-state index in [0.717, 1.165) is 5.75 Å². The number of para-hydroxylation sites is 1. The molecule has 0 heterocycles. The first-order valence-corrected chi connectivity index (χ1v) is 6.45. The van der Waals surface area contributed by atoms with Gasteiger partial charge in [-0.1, -0.05) is 61.9 Å². The summed E-state index contributed by atoms with van der Waals surface area (Å²) in [6.45, 7) is 6.48. The highest BCUT2D eigenvalue weighted by Crippen LogP contribution is 2.28. The first-order chi connectivity index (χ1) is 8.66. The minimum atomic E-state index is 0.105. The predicted molar refractivity (Wildman–Crippen MR) is 75.8 cm³/mol. The Balaban J connectivity index is 2.21. The van der Waals surface area contributed by atoms with Gasteiger partial charge in [0.05, 0.1) is 0 Å². The van der Waals surface area contributed by atoms with Gasteiger partial charge in [-0.15, -0.1) is 0 Å². The summed E-state index contributed by atoms with van der Waals surface area (Å²) < 4.78 is 6.10. The van der Waals surface area contributed by atoms with Crippen LogP contribution in [0.5, 0.6) is 5.75 Å². The average molecular weight is 240 g/mol. The number of hydrogen-bond donors (Lipinski definition) is 0. The molecule has 1 atom stereocenters. The van der Waals surface area contributed by atoms with Crippen molar-refractivity contribution in [3.05, 3.63) is 65.7 Å². The SMILES string of the molecule is Cc1ccc(C(Oc2ccccc2)C(C)C)cc1. The molecule has 0 radical (unpaired) electrons. The molecule has 1 heteroatoms. The van der Waals surface area contributed by atoms with Gasteiger partial charge in [-0.25, -0.2) is 0 Å². The van der Waals surface area contributed by atoms with E-state index in [1.807, 2.05) is 30.3 Å². The second-order valence-corrected chi connectivity index (χ2v) is 5.01. The number of rotatable bonds is 4. The fourth-order valence-electron chi connectivity index (χ4n) is 1.99. The lowest BCUT2D eigenvalue weighted by Crippen LogP contribution is -2.14. The second-order valence-electron chi connectivity index (χ2n) is 5.01. The minimum absolute atomic E-state index is 0.105. The van der Waals surface area contributed by atoms with Crippen LogP contribution in [-0.4, -0.2) is 0 Å². The van der Waals surface area contributed by atoms with Crippen LogP contribution in [0.2, 0.25) is 0 Å². The molecule has 1 nitrogen and oxygen atoms in total. The summed E-state index contributed by atoms with van der Waals surface area (Å²) in [6.07, 6.45) is 0.105. The standard InChI is InChI=1S/C17H20O/c1-13(2)17(15-11-9-14(3)10-12-15)18-16-7-5-4-6-8-16/h4-13,17H,1-3H3. The van der Waals surface area contributed by atoms with Gasteiger partial charge in [-0.2, -0.15) is 0 Å². The summed E-state index contributed by atoms with van der Waals surface area (Å²) in [5.41, 5.74) is 2.51. The molecule has 0 aliphatic rings. The molecular weight excluding hydrogens is 220 g/mol. The number of benzene rings is 2. The van der Waals surface area contributed by atoms with E-state index < -0.39 is 0 Å². The van der Waals surface area contributed by atoms with Crippen molar-refractivity contribution in [3.63, 3.8) is 0 Å². The molecule has 0 aliphatic heterocycles. The highest BCUT2D eigenvalue weighted by molar-refractivity contribution is 5.27. The maximum absolute atomic E-state index is 6.10. The van der Waals surface area contributed by atoms with Crippen molar-refractivity contribution in [1.29, 1.82) is 0 Å². The first-order valence-electron chi connectivity index (χ1n) is 6.45. The van der Waals surface area contributed by atoms with Crippen molar-refractivity contribution in [2.75, 3.05) is 0 Å². The molecule has 0 N–H and O–H groups in total. The van der Waals surface area contributed by atoms with Gasteiger partial charge in [-0.3, -0.25) is 0 Å². The van der Waals surface area contributed by atoms with Crippen molar-refractivity contribution in [2.45, 2.75) is 26.9 Å². The van der Waals surface area contributed by atoms with Crippen molar-refractivity contribution < 1.29 is 4.74 Å². The van der Waals surface area contributed by atoms with Crippen LogP contribution < -0.4 is 4.74 Å². The Labute approximate surface area is 109 Å². The number of hydrogen-bond acceptors (Lipinski definition) is 1. The predicted octanol–water partition coefficient (Wildman–Crippen LogP) is 4.77. The molecule has 94 valence electrons. The summed E-state index contributed by atoms with van der Waals surface area (Å²) in [4.78, 5) is 0. The molecule has 0 bridgehead atoms. The lowest BCUT2D eigenvalue weighted by molar-refractivity contribution is 0.153. The third-order valence-electron chi connectivity index (χ3n) is 3.02. The van der Waals surface area contributed by atoms with Crippen LogP contribution in [0.15, 0.2) is 54.6 Å². The van der Waals surface area contributed by atoms with Crippen molar-refractivity contribution in [1.82, 2.24) is 0 Å². The van der Waals surface area contributed by atoms with Crippen molar-refractivity contribution in [3.8, 4) is 5.75 Å². The molecule has 2 aromatic rings. The van der Waals surface area contributed by atoms with Gasteiger partial charge in [0.15, 0.2) is 0 Å². The number of aryl methyl sites for hydroxylation is 1. The van der Waals surface area contributed by atoms with Crippen LogP contribution in [-0.2, 0) is 0 Å². The summed E-state index contributed by atoms with van der Waals surface area (Å²) in [5.74, 6) is 1.37. The van der Waals surface area contributed by atoms with Crippen LogP contribution in [0.1, 0.15) is 31.1 Å². The Morgan fingerprint density at radius 1 is 0.833 bits per heavy atom. The molecule has 0 amide bonds. The highest BCUT2D eigenvalue weighted by atomic mass is 16.5. The minimum Gasteiger partial charge on any atom is -0.485 e. The summed E-state index contributed by atoms with van der Waals surface area (Å²) in [5, 5.41) is 0. The maximum atomic E-state index is 6.10. The Morgan fingerprint density at radius 3 is 2.00 bits per heavy atom. The van der Waals surface area contributed by atoms with E-state index in [4.69, 9.17) is 4.74 Å². The summed E-state index contributed by atoms with van der Waals surface area (Å²) >= 11 is 0. The summed E-state index contributed by atoms with van der Waals surface area (Å²) in [7, 11) is 0. The zero-order chi connectivity index (χ0) is 13.0. The van der Waals surface area contributed by atoms with Crippen LogP contribution in [0.25, 0.3) is 0 Å². The van der Waals surface area contributed by atoms with E-state index in [1.54, 1.807) is 0 Å². The van der Waals surface area contributed by atoms with Gasteiger partial charge in [0.1, 0.15) is 11.9 Å². The van der Waals surface area contributed by atoms with E-state index >= 15 is 0 Å². The van der Waals surface area contributed by atoms with Gasteiger partial charge in [-0.05, 0) is 30.5 Å². The van der Waals surface area contributed by atoms with E-state index in [1.165, 1.54) is 11.1 Å². The molecule has 0 saturated heterocycles. The molecule has 2 rings (SSSR count). The first kappa shape index (κ1) is 12.7. The van der Waals surface area contributed by atoms with Crippen LogP contribution >= 0.6 is 0 Å². The number of ether oxygens (including phenoxy) is 1. The lowest BCUT2D eigenvalue weighted by Gasteiger charge is -2.23. The third-order valence-corrected chi connectivity index (χ3v) is 3.02. The van der Waals surface area contributed by atoms with Crippen LogP contribution in [0.4, 0.5) is 0 Å². The van der Waals surface area contributed by atoms with E-state index in [9.17, 15) is 0 Å². The molecule has 0 spiro atoms.